The summed E-state index contributed by atoms with van der Waals surface area (Å²) in [5, 5.41) is 7.66. The Morgan fingerprint density at radius 3 is 2.16 bits per heavy atom. The van der Waals surface area contributed by atoms with Crippen LogP contribution in [0.2, 0.25) is 0 Å². The van der Waals surface area contributed by atoms with Crippen LogP contribution in [0.3, 0.4) is 0 Å². The molecule has 1 atom stereocenters. The van der Waals surface area contributed by atoms with Gasteiger partial charge in [-0.05, 0) is 35.9 Å². The highest BCUT2D eigenvalue weighted by molar-refractivity contribution is 6.47. The number of Topliss-reactive ketones (excluding diaryl/α,β-unsaturated/α-hetero) is 1. The Morgan fingerprint density at radius 2 is 1.52 bits per heavy atom. The molecule has 3 N–H and O–H groups in total. The van der Waals surface area contributed by atoms with Crippen LogP contribution in [-0.2, 0) is 19.2 Å². The molecule has 1 aliphatic heterocycles. The first kappa shape index (κ1) is 16.4. The van der Waals surface area contributed by atoms with Crippen LogP contribution in [-0.4, -0.2) is 23.5 Å². The number of ketones is 1. The minimum Gasteiger partial charge on any atom is -0.326 e. The molecule has 3 amide bonds. The molecule has 0 saturated carbocycles. The van der Waals surface area contributed by atoms with E-state index >= 15 is 0 Å². The molecule has 1 aliphatic rings. The molecule has 25 heavy (non-hydrogen) atoms. The number of anilines is 3. The van der Waals surface area contributed by atoms with Gasteiger partial charge in [-0.1, -0.05) is 18.2 Å². The predicted octanol–water partition coefficient (Wildman–Crippen LogP) is 1.89. The number of hydrogen-bond acceptors (Lipinski definition) is 4. The second-order valence-corrected chi connectivity index (χ2v) is 5.59. The molecule has 1 heterocycles. The molecule has 7 heteroatoms. The van der Waals surface area contributed by atoms with Crippen molar-refractivity contribution in [2.24, 2.45) is 0 Å². The lowest BCUT2D eigenvalue weighted by Crippen LogP contribution is -2.31. The summed E-state index contributed by atoms with van der Waals surface area (Å²) >= 11 is 0. The summed E-state index contributed by atoms with van der Waals surface area (Å²) < 4.78 is 0. The van der Waals surface area contributed by atoms with Gasteiger partial charge in [0.25, 0.3) is 5.91 Å². The average molecular weight is 337 g/mol. The van der Waals surface area contributed by atoms with Crippen LogP contribution < -0.4 is 16.0 Å². The van der Waals surface area contributed by atoms with Crippen molar-refractivity contribution in [2.75, 3.05) is 16.0 Å². The monoisotopic (exact) mass is 337 g/mol. The van der Waals surface area contributed by atoms with E-state index in [4.69, 9.17) is 0 Å². The van der Waals surface area contributed by atoms with E-state index in [9.17, 15) is 19.2 Å². The quantitative estimate of drug-likeness (QED) is 0.585. The molecule has 0 radical (unpaired) electrons. The van der Waals surface area contributed by atoms with E-state index in [2.05, 4.69) is 16.0 Å². The lowest BCUT2D eigenvalue weighted by Gasteiger charge is -2.09. The van der Waals surface area contributed by atoms with Crippen molar-refractivity contribution >= 4 is 40.6 Å². The molecule has 2 aromatic carbocycles. The zero-order chi connectivity index (χ0) is 18.0. The van der Waals surface area contributed by atoms with Gasteiger partial charge in [0.1, 0.15) is 5.92 Å². The molecule has 3 rings (SSSR count). The highest BCUT2D eigenvalue weighted by Gasteiger charge is 2.39. The summed E-state index contributed by atoms with van der Waals surface area (Å²) in [6, 6.07) is 13.1. The SMILES string of the molecule is CC(=O)Nc1ccc(NC(=O)C(=O)C2C(=O)Nc3ccccc32)cc1. The number of amides is 3. The van der Waals surface area contributed by atoms with Gasteiger partial charge in [-0.2, -0.15) is 0 Å². The third kappa shape index (κ3) is 3.40. The number of carbonyl (C=O) groups excluding carboxylic acids is 4. The van der Waals surface area contributed by atoms with Crippen LogP contribution in [0.4, 0.5) is 17.1 Å². The fourth-order valence-electron chi connectivity index (χ4n) is 2.63. The Balaban J connectivity index is 1.72. The van der Waals surface area contributed by atoms with Crippen molar-refractivity contribution in [2.45, 2.75) is 12.8 Å². The first-order valence-corrected chi connectivity index (χ1v) is 7.58. The Bertz CT molecular complexity index is 874. The minimum atomic E-state index is -1.14. The van der Waals surface area contributed by atoms with E-state index < -0.39 is 23.5 Å². The maximum atomic E-state index is 12.4. The number of para-hydroxylation sites is 1. The maximum absolute atomic E-state index is 12.4. The highest BCUT2D eigenvalue weighted by Crippen LogP contribution is 2.32. The van der Waals surface area contributed by atoms with Gasteiger partial charge in [-0.25, -0.2) is 0 Å². The molecule has 0 spiro atoms. The lowest BCUT2D eigenvalue weighted by molar-refractivity contribution is -0.138. The average Bonchev–Trinajstić information content (AvgIpc) is 2.91. The van der Waals surface area contributed by atoms with Gasteiger partial charge in [0, 0.05) is 24.0 Å². The zero-order valence-electron chi connectivity index (χ0n) is 13.3. The van der Waals surface area contributed by atoms with Gasteiger partial charge in [0.15, 0.2) is 0 Å². The topological polar surface area (TPSA) is 104 Å². The van der Waals surface area contributed by atoms with Crippen LogP contribution in [0.1, 0.15) is 18.4 Å². The first-order valence-electron chi connectivity index (χ1n) is 7.58. The third-order valence-electron chi connectivity index (χ3n) is 3.74. The Morgan fingerprint density at radius 1 is 0.920 bits per heavy atom. The van der Waals surface area contributed by atoms with E-state index in [-0.39, 0.29) is 5.91 Å². The number of hydrogen-bond donors (Lipinski definition) is 3. The number of carbonyl (C=O) groups is 4. The van der Waals surface area contributed by atoms with Crippen molar-refractivity contribution in [3.8, 4) is 0 Å². The van der Waals surface area contributed by atoms with Crippen LogP contribution >= 0.6 is 0 Å². The first-order chi connectivity index (χ1) is 12.0. The Labute approximate surface area is 143 Å². The molecule has 0 bridgehead atoms. The maximum Gasteiger partial charge on any atom is 0.292 e. The number of benzene rings is 2. The lowest BCUT2D eigenvalue weighted by atomic mass is 9.95. The summed E-state index contributed by atoms with van der Waals surface area (Å²) in [7, 11) is 0. The van der Waals surface area contributed by atoms with E-state index in [1.807, 2.05) is 0 Å². The fraction of sp³-hybridized carbons (Fsp3) is 0.111. The summed E-state index contributed by atoms with van der Waals surface area (Å²) in [5.74, 6) is -3.56. The summed E-state index contributed by atoms with van der Waals surface area (Å²) in [4.78, 5) is 47.6. The molecule has 0 saturated heterocycles. The molecule has 0 aliphatic carbocycles. The molecule has 7 nitrogen and oxygen atoms in total. The summed E-state index contributed by atoms with van der Waals surface area (Å²) in [6.45, 7) is 1.39. The second kappa shape index (κ2) is 6.56. The van der Waals surface area contributed by atoms with Gasteiger partial charge in [-0.3, -0.25) is 19.2 Å². The largest absolute Gasteiger partial charge is 0.326 e. The molecular formula is C18H15N3O4. The minimum absolute atomic E-state index is 0.210. The molecular weight excluding hydrogens is 322 g/mol. The van der Waals surface area contributed by atoms with Crippen LogP contribution in [0.5, 0.6) is 0 Å². The van der Waals surface area contributed by atoms with E-state index in [0.29, 0.717) is 22.6 Å². The normalized spacial score (nSPS) is 15.1. The Kier molecular flexibility index (Phi) is 4.30. The van der Waals surface area contributed by atoms with Gasteiger partial charge in [0.05, 0.1) is 0 Å². The standard InChI is InChI=1S/C18H15N3O4/c1-10(22)19-11-6-8-12(9-7-11)20-18(25)16(23)15-13-4-2-3-5-14(13)21-17(15)24/h2-9,15H,1H3,(H,19,22)(H,20,25)(H,21,24). The van der Waals surface area contributed by atoms with E-state index in [0.717, 1.165) is 0 Å². The fourth-order valence-corrected chi connectivity index (χ4v) is 2.63. The van der Waals surface area contributed by atoms with Crippen LogP contribution in [0, 0.1) is 0 Å². The van der Waals surface area contributed by atoms with Crippen molar-refractivity contribution < 1.29 is 19.2 Å². The van der Waals surface area contributed by atoms with Crippen molar-refractivity contribution in [1.29, 1.82) is 0 Å². The number of nitrogens with one attached hydrogen (secondary N) is 3. The van der Waals surface area contributed by atoms with E-state index in [1.54, 1.807) is 48.5 Å². The van der Waals surface area contributed by atoms with Crippen molar-refractivity contribution in [3.05, 3.63) is 54.1 Å². The van der Waals surface area contributed by atoms with Gasteiger partial charge < -0.3 is 16.0 Å². The zero-order valence-corrected chi connectivity index (χ0v) is 13.3. The van der Waals surface area contributed by atoms with Crippen LogP contribution in [0.25, 0.3) is 0 Å². The smallest absolute Gasteiger partial charge is 0.292 e. The Hall–Kier alpha value is -3.48. The van der Waals surface area contributed by atoms with Gasteiger partial charge in [-0.15, -0.1) is 0 Å². The molecule has 2 aromatic rings. The molecule has 0 fully saturated rings. The van der Waals surface area contributed by atoms with Crippen molar-refractivity contribution in [3.63, 3.8) is 0 Å². The van der Waals surface area contributed by atoms with E-state index in [1.165, 1.54) is 6.92 Å². The van der Waals surface area contributed by atoms with Gasteiger partial charge in [0.2, 0.25) is 17.6 Å². The summed E-state index contributed by atoms with van der Waals surface area (Å²) in [5.41, 5.74) is 1.99. The molecule has 126 valence electrons. The predicted molar refractivity (Wildman–Crippen MR) is 92.2 cm³/mol. The number of rotatable bonds is 4. The van der Waals surface area contributed by atoms with Crippen molar-refractivity contribution in [1.82, 2.24) is 0 Å². The number of fused-ring (bicyclic) bond motifs is 1. The molecule has 1 unspecified atom stereocenters. The summed E-state index contributed by atoms with van der Waals surface area (Å²) in [6.07, 6.45) is 0. The molecule has 0 aromatic heterocycles. The second-order valence-electron chi connectivity index (χ2n) is 5.59. The highest BCUT2D eigenvalue weighted by atomic mass is 16.2. The van der Waals surface area contributed by atoms with Gasteiger partial charge >= 0.3 is 0 Å². The van der Waals surface area contributed by atoms with Crippen LogP contribution in [0.15, 0.2) is 48.5 Å². The third-order valence-corrected chi connectivity index (χ3v) is 3.74.